The van der Waals surface area contributed by atoms with Gasteiger partial charge in [0.15, 0.2) is 0 Å². The SMILES string of the molecule is CC(=O)N1CCc2cccc(NC(=O)c3ccc(F)c(C)c3)c21. The van der Waals surface area contributed by atoms with E-state index in [0.29, 0.717) is 23.4 Å². The molecule has 0 unspecified atom stereocenters. The Morgan fingerprint density at radius 2 is 2.00 bits per heavy atom. The Balaban J connectivity index is 1.92. The van der Waals surface area contributed by atoms with E-state index in [1.807, 2.05) is 12.1 Å². The first-order valence-electron chi connectivity index (χ1n) is 7.45. The molecule has 0 fully saturated rings. The smallest absolute Gasteiger partial charge is 0.255 e. The quantitative estimate of drug-likeness (QED) is 0.925. The van der Waals surface area contributed by atoms with E-state index in [1.54, 1.807) is 17.9 Å². The fraction of sp³-hybridized carbons (Fsp3) is 0.222. The van der Waals surface area contributed by atoms with Gasteiger partial charge in [-0.2, -0.15) is 0 Å². The summed E-state index contributed by atoms with van der Waals surface area (Å²) in [5.74, 6) is -0.718. The molecule has 5 heteroatoms. The Hall–Kier alpha value is -2.69. The fourth-order valence-corrected chi connectivity index (χ4v) is 2.85. The van der Waals surface area contributed by atoms with E-state index >= 15 is 0 Å². The third-order valence-corrected chi connectivity index (χ3v) is 4.04. The largest absolute Gasteiger partial charge is 0.320 e. The predicted octanol–water partition coefficient (Wildman–Crippen LogP) is 3.30. The maximum atomic E-state index is 13.3. The van der Waals surface area contributed by atoms with Crippen LogP contribution in [0, 0.1) is 12.7 Å². The zero-order valence-electron chi connectivity index (χ0n) is 13.0. The zero-order chi connectivity index (χ0) is 16.6. The molecule has 2 amide bonds. The van der Waals surface area contributed by atoms with Crippen LogP contribution in [0.2, 0.25) is 0 Å². The van der Waals surface area contributed by atoms with Crippen molar-refractivity contribution in [3.63, 3.8) is 0 Å². The van der Waals surface area contributed by atoms with Gasteiger partial charge >= 0.3 is 0 Å². The third-order valence-electron chi connectivity index (χ3n) is 4.04. The van der Waals surface area contributed by atoms with Crippen molar-refractivity contribution in [2.45, 2.75) is 20.3 Å². The number of hydrogen-bond acceptors (Lipinski definition) is 2. The summed E-state index contributed by atoms with van der Waals surface area (Å²) >= 11 is 0. The number of nitrogens with one attached hydrogen (secondary N) is 1. The molecule has 0 aliphatic carbocycles. The second kappa shape index (κ2) is 5.83. The summed E-state index contributed by atoms with van der Waals surface area (Å²) < 4.78 is 13.3. The van der Waals surface area contributed by atoms with Gasteiger partial charge in [0.25, 0.3) is 5.91 Å². The minimum absolute atomic E-state index is 0.0527. The first-order valence-corrected chi connectivity index (χ1v) is 7.45. The number of aryl methyl sites for hydroxylation is 1. The monoisotopic (exact) mass is 312 g/mol. The standard InChI is InChI=1S/C18H17FN2O2/c1-11-10-14(6-7-15(11)19)18(23)20-16-5-3-4-13-8-9-21(12(2)22)17(13)16/h3-7,10H,8-9H2,1-2H3,(H,20,23). The Kier molecular flexibility index (Phi) is 3.86. The summed E-state index contributed by atoms with van der Waals surface area (Å²) in [6.45, 7) is 3.74. The van der Waals surface area contributed by atoms with Gasteiger partial charge in [-0.1, -0.05) is 12.1 Å². The van der Waals surface area contributed by atoms with Gasteiger partial charge in [0, 0.05) is 19.0 Å². The highest BCUT2D eigenvalue weighted by atomic mass is 19.1. The minimum Gasteiger partial charge on any atom is -0.320 e. The number of nitrogens with zero attached hydrogens (tertiary/aromatic N) is 1. The molecule has 0 saturated carbocycles. The van der Waals surface area contributed by atoms with E-state index in [-0.39, 0.29) is 17.6 Å². The lowest BCUT2D eigenvalue weighted by Crippen LogP contribution is -2.27. The van der Waals surface area contributed by atoms with Crippen LogP contribution in [-0.4, -0.2) is 18.4 Å². The summed E-state index contributed by atoms with van der Waals surface area (Å²) in [6.07, 6.45) is 0.772. The normalized spacial score (nSPS) is 12.9. The molecule has 1 heterocycles. The maximum Gasteiger partial charge on any atom is 0.255 e. The lowest BCUT2D eigenvalue weighted by atomic mass is 10.1. The number of amides is 2. The molecule has 118 valence electrons. The molecule has 4 nitrogen and oxygen atoms in total. The van der Waals surface area contributed by atoms with E-state index in [1.165, 1.54) is 25.1 Å². The highest BCUT2D eigenvalue weighted by molar-refractivity contribution is 6.08. The molecule has 1 aliphatic rings. The van der Waals surface area contributed by atoms with Gasteiger partial charge in [-0.05, 0) is 48.7 Å². The summed E-state index contributed by atoms with van der Waals surface area (Å²) in [7, 11) is 0. The number of hydrogen-bond donors (Lipinski definition) is 1. The number of rotatable bonds is 2. The Bertz CT molecular complexity index is 802. The topological polar surface area (TPSA) is 49.4 Å². The van der Waals surface area contributed by atoms with Crippen molar-refractivity contribution in [1.29, 1.82) is 0 Å². The number of fused-ring (bicyclic) bond motifs is 1. The molecule has 23 heavy (non-hydrogen) atoms. The van der Waals surface area contributed by atoms with Crippen LogP contribution in [0.4, 0.5) is 15.8 Å². The van der Waals surface area contributed by atoms with E-state index in [0.717, 1.165) is 17.7 Å². The first-order chi connectivity index (χ1) is 11.0. The summed E-state index contributed by atoms with van der Waals surface area (Å²) in [5.41, 5.74) is 3.19. The molecule has 3 rings (SSSR count). The molecule has 0 spiro atoms. The summed E-state index contributed by atoms with van der Waals surface area (Å²) in [4.78, 5) is 25.9. The number of para-hydroxylation sites is 1. The van der Waals surface area contributed by atoms with Crippen LogP contribution in [0.15, 0.2) is 36.4 Å². The van der Waals surface area contributed by atoms with Crippen molar-refractivity contribution >= 4 is 23.2 Å². The van der Waals surface area contributed by atoms with Crippen LogP contribution >= 0.6 is 0 Å². The van der Waals surface area contributed by atoms with Crippen LogP contribution in [0.3, 0.4) is 0 Å². The Morgan fingerprint density at radius 1 is 1.22 bits per heavy atom. The second-order valence-electron chi connectivity index (χ2n) is 5.65. The maximum absolute atomic E-state index is 13.3. The molecular formula is C18H17FN2O2. The number of carbonyl (C=O) groups is 2. The van der Waals surface area contributed by atoms with Gasteiger partial charge in [0.2, 0.25) is 5.91 Å². The van der Waals surface area contributed by atoms with E-state index in [9.17, 15) is 14.0 Å². The van der Waals surface area contributed by atoms with Gasteiger partial charge in [0.05, 0.1) is 11.4 Å². The van der Waals surface area contributed by atoms with Gasteiger partial charge in [0.1, 0.15) is 5.82 Å². The van der Waals surface area contributed by atoms with Crippen molar-refractivity contribution in [2.75, 3.05) is 16.8 Å². The summed E-state index contributed by atoms with van der Waals surface area (Å²) in [6, 6.07) is 9.82. The summed E-state index contributed by atoms with van der Waals surface area (Å²) in [5, 5.41) is 2.83. The molecule has 2 aromatic carbocycles. The van der Waals surface area contributed by atoms with E-state index in [4.69, 9.17) is 0 Å². The minimum atomic E-state index is -0.343. The zero-order valence-corrected chi connectivity index (χ0v) is 13.0. The van der Waals surface area contributed by atoms with Crippen LogP contribution in [0.5, 0.6) is 0 Å². The Labute approximate surface area is 133 Å². The second-order valence-corrected chi connectivity index (χ2v) is 5.65. The van der Waals surface area contributed by atoms with Crippen LogP contribution < -0.4 is 10.2 Å². The molecule has 2 aromatic rings. The average molecular weight is 312 g/mol. The van der Waals surface area contributed by atoms with E-state index in [2.05, 4.69) is 5.32 Å². The Morgan fingerprint density at radius 3 is 2.70 bits per heavy atom. The number of anilines is 2. The molecule has 0 atom stereocenters. The molecule has 0 saturated heterocycles. The van der Waals surface area contributed by atoms with Crippen LogP contribution in [-0.2, 0) is 11.2 Å². The number of benzene rings is 2. The van der Waals surface area contributed by atoms with Crippen LogP contribution in [0.25, 0.3) is 0 Å². The fourth-order valence-electron chi connectivity index (χ4n) is 2.85. The van der Waals surface area contributed by atoms with Crippen molar-refractivity contribution in [1.82, 2.24) is 0 Å². The number of halogens is 1. The van der Waals surface area contributed by atoms with Gasteiger partial charge < -0.3 is 10.2 Å². The molecule has 1 N–H and O–H groups in total. The molecular weight excluding hydrogens is 295 g/mol. The highest BCUT2D eigenvalue weighted by Gasteiger charge is 2.25. The van der Waals surface area contributed by atoms with Crippen molar-refractivity contribution in [3.8, 4) is 0 Å². The highest BCUT2D eigenvalue weighted by Crippen LogP contribution is 2.35. The third kappa shape index (κ3) is 2.82. The molecule has 1 aliphatic heterocycles. The lowest BCUT2D eigenvalue weighted by molar-refractivity contribution is -0.116. The van der Waals surface area contributed by atoms with Gasteiger partial charge in [-0.3, -0.25) is 9.59 Å². The van der Waals surface area contributed by atoms with Crippen molar-refractivity contribution < 1.29 is 14.0 Å². The first kappa shape index (κ1) is 15.2. The van der Waals surface area contributed by atoms with Gasteiger partial charge in [-0.15, -0.1) is 0 Å². The molecule has 0 aromatic heterocycles. The molecule has 0 radical (unpaired) electrons. The van der Waals surface area contributed by atoms with Crippen LogP contribution in [0.1, 0.15) is 28.4 Å². The van der Waals surface area contributed by atoms with Gasteiger partial charge in [-0.25, -0.2) is 4.39 Å². The number of carbonyl (C=O) groups excluding carboxylic acids is 2. The van der Waals surface area contributed by atoms with E-state index < -0.39 is 0 Å². The molecule has 0 bridgehead atoms. The predicted molar refractivity (Wildman–Crippen MR) is 87.3 cm³/mol. The lowest BCUT2D eigenvalue weighted by Gasteiger charge is -2.19. The van der Waals surface area contributed by atoms with Crippen molar-refractivity contribution in [3.05, 3.63) is 58.9 Å². The average Bonchev–Trinajstić information content (AvgIpc) is 2.95. The van der Waals surface area contributed by atoms with Crippen molar-refractivity contribution in [2.24, 2.45) is 0 Å².